The Kier molecular flexibility index (Phi) is 22.8. The van der Waals surface area contributed by atoms with Gasteiger partial charge in [0.25, 0.3) is 0 Å². The highest BCUT2D eigenvalue weighted by Gasteiger charge is 2.27. The fourth-order valence-electron chi connectivity index (χ4n) is 15.7. The van der Waals surface area contributed by atoms with Gasteiger partial charge in [-0.1, -0.05) is 85.1 Å². The molecule has 0 unspecified atom stereocenters. The van der Waals surface area contributed by atoms with Crippen LogP contribution in [0.15, 0.2) is 212 Å². The lowest BCUT2D eigenvalue weighted by Gasteiger charge is -2.41. The van der Waals surface area contributed by atoms with E-state index in [4.69, 9.17) is 0 Å². The van der Waals surface area contributed by atoms with Crippen molar-refractivity contribution in [3.63, 3.8) is 0 Å². The van der Waals surface area contributed by atoms with Gasteiger partial charge in [-0.05, 0) is 190 Å². The van der Waals surface area contributed by atoms with Gasteiger partial charge < -0.3 is 35.6 Å². The number of benzene rings is 4. The van der Waals surface area contributed by atoms with E-state index in [1.807, 2.05) is 59.8 Å². The second kappa shape index (κ2) is 33.4. The van der Waals surface area contributed by atoms with Crippen molar-refractivity contribution >= 4 is 68.1 Å². The van der Waals surface area contributed by atoms with Crippen LogP contribution in [0.1, 0.15) is 110 Å². The van der Waals surface area contributed by atoms with E-state index in [1.165, 1.54) is 99.2 Å². The first-order chi connectivity index (χ1) is 51.1. The maximum atomic E-state index is 11.8. The quantitative estimate of drug-likeness (QED) is 0.0572. The molecule has 0 amide bonds. The molecule has 16 rings (SSSR count). The van der Waals surface area contributed by atoms with E-state index in [-0.39, 0.29) is 5.56 Å². The Morgan fingerprint density at radius 2 is 0.904 bits per heavy atom. The molecule has 1 aliphatic carbocycles. The number of hydrogen-bond acceptors (Lipinski definition) is 14. The summed E-state index contributed by atoms with van der Waals surface area (Å²) in [5.41, 5.74) is 21.4. The predicted molar refractivity (Wildman–Crippen MR) is 431 cm³/mol. The molecule has 0 bridgehead atoms. The molecule has 0 radical (unpaired) electrons. The van der Waals surface area contributed by atoms with E-state index < -0.39 is 0 Å². The van der Waals surface area contributed by atoms with Crippen molar-refractivity contribution in [3.8, 4) is 33.8 Å². The van der Waals surface area contributed by atoms with Crippen molar-refractivity contribution in [2.24, 2.45) is 0 Å². The van der Waals surface area contributed by atoms with Gasteiger partial charge in [-0.15, -0.1) is 0 Å². The van der Waals surface area contributed by atoms with E-state index in [1.54, 1.807) is 18.5 Å². The number of piperazine rings is 3. The van der Waals surface area contributed by atoms with Gasteiger partial charge in [-0.3, -0.25) is 37.7 Å². The fraction of sp³-hybridized carbons (Fsp3) is 0.360. The second-order valence-electron chi connectivity index (χ2n) is 28.5. The molecule has 538 valence electrons. The van der Waals surface area contributed by atoms with Gasteiger partial charge in [0.1, 0.15) is 0 Å². The Hall–Kier alpha value is -10.3. The number of H-pyrrole nitrogens is 1. The fourth-order valence-corrected chi connectivity index (χ4v) is 15.7. The smallest absolute Gasteiger partial charge is 0.248 e. The lowest BCUT2D eigenvalue weighted by molar-refractivity contribution is 0.148. The van der Waals surface area contributed by atoms with Crippen LogP contribution < -0.4 is 36.2 Å². The molecule has 18 heteroatoms. The summed E-state index contributed by atoms with van der Waals surface area (Å²) in [6, 6.07) is 57.1. The summed E-state index contributed by atoms with van der Waals surface area (Å²) in [6.45, 7) is 28.2. The summed E-state index contributed by atoms with van der Waals surface area (Å²) in [7, 11) is 0. The Morgan fingerprint density at radius 3 is 1.35 bits per heavy atom. The molecule has 4 N–H and O–H groups in total. The molecule has 0 spiro atoms. The molecular weight excluding hydrogens is 1290 g/mol. The molecule has 4 aliphatic rings. The summed E-state index contributed by atoms with van der Waals surface area (Å²) >= 11 is 0. The predicted octanol–water partition coefficient (Wildman–Crippen LogP) is 17.3. The van der Waals surface area contributed by atoms with Crippen molar-refractivity contribution in [3.05, 3.63) is 229 Å². The second-order valence-corrected chi connectivity index (χ2v) is 28.5. The van der Waals surface area contributed by atoms with E-state index >= 15 is 0 Å². The van der Waals surface area contributed by atoms with Crippen LogP contribution in [-0.4, -0.2) is 150 Å². The number of hydrogen-bond donors (Lipinski definition) is 4. The number of pyridine rings is 5. The maximum absolute atomic E-state index is 11.8. The first kappa shape index (κ1) is 70.8. The Labute approximate surface area is 613 Å². The standard InChI is InChI=1S/C29H36N6.C29H35N5.C28H32N6O/c1-4-23-21-22(13-14-30-23)28-12-11-27(29-31-15-16-35(28)29)32-24-7-9-26(10-8-24)34-19-17-33(18-20-34)25(5-2)6-3;1-4-16-32-18-20-33(21-19-32)26-11-9-25(10-12-26)31-27-13-14-28(34-17-15-30-29(27)34)24-7-5-23(6-8-24)22(2)3;35-27-20-21(12-13-29-27)26-11-10-25(28-30-14-15-34(26)28)31-22-6-8-24(9-7-22)33-18-16-32(17-19-33)23-4-2-1-3-5-23/h7-16,21,25,32H,4-6,17-20H2,1-3H3;5-15,17,22,31H,4,16,18-21H2,1-3H3;6-15,20,23,31H,1-5,16-19H2,(H,29,35). The highest BCUT2D eigenvalue weighted by atomic mass is 16.1. The molecule has 3 aliphatic heterocycles. The number of fused-ring (bicyclic) bond motifs is 3. The summed E-state index contributed by atoms with van der Waals surface area (Å²) in [5.74, 6) is 0.533. The highest BCUT2D eigenvalue weighted by Crippen LogP contribution is 2.34. The van der Waals surface area contributed by atoms with Gasteiger partial charge in [0.15, 0.2) is 16.9 Å². The molecule has 4 fully saturated rings. The number of aromatic amines is 1. The Bertz CT molecular complexity index is 4770. The average Bonchev–Trinajstić information content (AvgIpc) is 1.67. The van der Waals surface area contributed by atoms with Crippen LogP contribution in [0, 0.1) is 0 Å². The first-order valence-corrected chi connectivity index (χ1v) is 38.3. The minimum atomic E-state index is -0.117. The first-order valence-electron chi connectivity index (χ1n) is 38.3. The van der Waals surface area contributed by atoms with Crippen LogP contribution in [0.3, 0.4) is 0 Å². The number of rotatable bonds is 20. The van der Waals surface area contributed by atoms with Crippen molar-refractivity contribution in [2.45, 2.75) is 117 Å². The molecule has 8 aromatic heterocycles. The van der Waals surface area contributed by atoms with Gasteiger partial charge in [0.2, 0.25) is 5.56 Å². The van der Waals surface area contributed by atoms with E-state index in [0.717, 1.165) is 169 Å². The van der Waals surface area contributed by atoms with E-state index in [0.29, 0.717) is 5.92 Å². The molecule has 11 heterocycles. The summed E-state index contributed by atoms with van der Waals surface area (Å²) in [4.78, 5) is 48.2. The van der Waals surface area contributed by atoms with Crippen LogP contribution in [0.4, 0.5) is 51.2 Å². The van der Waals surface area contributed by atoms with Gasteiger partial charge in [0, 0.05) is 197 Å². The number of imidazole rings is 3. The normalized spacial score (nSPS) is 15.7. The highest BCUT2D eigenvalue weighted by molar-refractivity contribution is 5.81. The van der Waals surface area contributed by atoms with Crippen LogP contribution in [0.5, 0.6) is 0 Å². The monoisotopic (exact) mass is 1390 g/mol. The van der Waals surface area contributed by atoms with Crippen LogP contribution >= 0.6 is 0 Å². The number of nitrogens with zero attached hydrogens (tertiary/aromatic N) is 13. The van der Waals surface area contributed by atoms with E-state index in [9.17, 15) is 4.79 Å². The third kappa shape index (κ3) is 16.5. The van der Waals surface area contributed by atoms with Gasteiger partial charge in [0.05, 0.1) is 34.1 Å². The topological polar surface area (TPSA) is 153 Å². The zero-order chi connectivity index (χ0) is 71.3. The third-order valence-electron chi connectivity index (χ3n) is 21.7. The van der Waals surface area contributed by atoms with E-state index in [2.05, 4.69) is 254 Å². The average molecular weight is 1390 g/mol. The number of nitrogens with one attached hydrogen (secondary N) is 4. The minimum absolute atomic E-state index is 0.117. The van der Waals surface area contributed by atoms with Crippen LogP contribution in [0.2, 0.25) is 0 Å². The number of aromatic nitrogens is 8. The lowest BCUT2D eigenvalue weighted by atomic mass is 9.94. The molecule has 104 heavy (non-hydrogen) atoms. The van der Waals surface area contributed by atoms with Crippen molar-refractivity contribution in [1.29, 1.82) is 0 Å². The molecule has 0 atom stereocenters. The number of anilines is 9. The Balaban J connectivity index is 0.000000132. The Morgan fingerprint density at radius 1 is 0.452 bits per heavy atom. The molecule has 12 aromatic rings. The molecule has 1 saturated carbocycles. The van der Waals surface area contributed by atoms with Crippen molar-refractivity contribution < 1.29 is 0 Å². The van der Waals surface area contributed by atoms with Gasteiger partial charge in [-0.25, -0.2) is 15.0 Å². The molecular formula is C86H103N17O. The molecule has 3 saturated heterocycles. The summed E-state index contributed by atoms with van der Waals surface area (Å²) in [5, 5.41) is 10.7. The van der Waals surface area contributed by atoms with Crippen molar-refractivity contribution in [1.82, 2.24) is 52.8 Å². The van der Waals surface area contributed by atoms with Crippen LogP contribution in [-0.2, 0) is 6.42 Å². The summed E-state index contributed by atoms with van der Waals surface area (Å²) in [6.07, 6.45) is 26.7. The maximum Gasteiger partial charge on any atom is 0.248 e. The van der Waals surface area contributed by atoms with Gasteiger partial charge >= 0.3 is 0 Å². The van der Waals surface area contributed by atoms with Crippen molar-refractivity contribution in [2.75, 3.05) is 116 Å². The van der Waals surface area contributed by atoms with Crippen LogP contribution in [0.25, 0.3) is 50.7 Å². The van der Waals surface area contributed by atoms with Gasteiger partial charge in [-0.2, -0.15) is 0 Å². The molecule has 18 nitrogen and oxygen atoms in total. The minimum Gasteiger partial charge on any atom is -0.369 e. The SMILES string of the molecule is CCCN1CCN(c2ccc(Nc3ccc(-c4ccc(C(C)C)cc4)n4ccnc34)cc2)CC1.CCc1cc(-c2ccc(Nc3ccc(N4CCN(C(CC)CC)CC4)cc3)c3nccn23)ccn1.O=c1cc(-c2ccc(Nc3ccc(N4CCN(C5CCCCC5)CC4)cc3)c3nccn23)cc[nH]1. The molecule has 4 aromatic carbocycles. The number of aryl methyl sites for hydroxylation is 1. The third-order valence-corrected chi connectivity index (χ3v) is 21.7. The zero-order valence-electron chi connectivity index (χ0n) is 61.6. The zero-order valence-corrected chi connectivity index (χ0v) is 61.6. The lowest BCUT2D eigenvalue weighted by Crippen LogP contribution is -2.50. The largest absolute Gasteiger partial charge is 0.369 e. The summed E-state index contributed by atoms with van der Waals surface area (Å²) < 4.78 is 6.32.